The number of aromatic amines is 1. The van der Waals surface area contributed by atoms with Gasteiger partial charge in [-0.2, -0.15) is 0 Å². The molecule has 3 rings (SSSR count). The molecule has 0 bridgehead atoms. The van der Waals surface area contributed by atoms with Crippen molar-refractivity contribution in [2.24, 2.45) is 0 Å². The molecule has 0 spiro atoms. The summed E-state index contributed by atoms with van der Waals surface area (Å²) in [6.45, 7) is 0. The molecule has 1 N–H and O–H groups in total. The van der Waals surface area contributed by atoms with Crippen LogP contribution in [0.25, 0.3) is 10.9 Å². The normalized spacial score (nSPS) is 20.9. The van der Waals surface area contributed by atoms with Gasteiger partial charge in [0.2, 0.25) is 0 Å². The highest BCUT2D eigenvalue weighted by Crippen LogP contribution is 2.29. The lowest BCUT2D eigenvalue weighted by Crippen LogP contribution is -1.98. The molecule has 15 heavy (non-hydrogen) atoms. The van der Waals surface area contributed by atoms with Crippen LogP contribution in [-0.2, 0) is 0 Å². The van der Waals surface area contributed by atoms with Crippen molar-refractivity contribution in [2.75, 3.05) is 0 Å². The minimum atomic E-state index is 0.637. The van der Waals surface area contributed by atoms with Gasteiger partial charge in [0, 0.05) is 17.6 Å². The summed E-state index contributed by atoms with van der Waals surface area (Å²) in [6, 6.07) is 8.89. The fourth-order valence-electron chi connectivity index (χ4n) is 2.39. The van der Waals surface area contributed by atoms with Crippen LogP contribution >= 0.6 is 0 Å². The maximum absolute atomic E-state index is 3.23. The summed E-state index contributed by atoms with van der Waals surface area (Å²) >= 11 is 0. The molecule has 1 heterocycles. The summed E-state index contributed by atoms with van der Waals surface area (Å²) in [6.07, 6.45) is 10.6. The average molecular weight is 197 g/mol. The summed E-state index contributed by atoms with van der Waals surface area (Å²) in [5, 5.41) is 1.33. The first-order chi connectivity index (χ1) is 7.43. The SMILES string of the molecule is C1=C[C@H](c2ccc3[nH]ccc3c2)CCC1. The number of hydrogen-bond acceptors (Lipinski definition) is 0. The quantitative estimate of drug-likeness (QED) is 0.665. The van der Waals surface area contributed by atoms with Crippen molar-refractivity contribution in [3.05, 3.63) is 48.2 Å². The molecule has 0 aliphatic heterocycles. The van der Waals surface area contributed by atoms with E-state index in [9.17, 15) is 0 Å². The number of H-pyrrole nitrogens is 1. The highest BCUT2D eigenvalue weighted by atomic mass is 14.7. The van der Waals surface area contributed by atoms with E-state index in [1.807, 2.05) is 6.20 Å². The Bertz CT molecular complexity index is 493. The van der Waals surface area contributed by atoms with E-state index in [4.69, 9.17) is 0 Å². The molecule has 1 aromatic heterocycles. The number of aromatic nitrogens is 1. The van der Waals surface area contributed by atoms with Crippen molar-refractivity contribution >= 4 is 10.9 Å². The van der Waals surface area contributed by atoms with Crippen molar-refractivity contribution < 1.29 is 0 Å². The van der Waals surface area contributed by atoms with E-state index < -0.39 is 0 Å². The molecular formula is C14H15N. The lowest BCUT2D eigenvalue weighted by atomic mass is 9.89. The Morgan fingerprint density at radius 2 is 2.20 bits per heavy atom. The number of rotatable bonds is 1. The molecule has 0 fully saturated rings. The molecule has 0 saturated heterocycles. The summed E-state index contributed by atoms with van der Waals surface area (Å²) in [7, 11) is 0. The Hall–Kier alpha value is -1.50. The molecule has 2 aromatic rings. The van der Waals surface area contributed by atoms with Crippen LogP contribution in [0.1, 0.15) is 30.7 Å². The smallest absolute Gasteiger partial charge is 0.0454 e. The molecule has 0 saturated carbocycles. The Morgan fingerprint density at radius 1 is 1.20 bits per heavy atom. The second kappa shape index (κ2) is 3.58. The predicted octanol–water partition coefficient (Wildman–Crippen LogP) is 3.99. The number of fused-ring (bicyclic) bond motifs is 1. The van der Waals surface area contributed by atoms with Gasteiger partial charge in [-0.15, -0.1) is 0 Å². The molecule has 0 unspecified atom stereocenters. The topological polar surface area (TPSA) is 15.8 Å². The van der Waals surface area contributed by atoms with Gasteiger partial charge in [-0.05, 0) is 48.4 Å². The van der Waals surface area contributed by atoms with E-state index in [2.05, 4.69) is 41.4 Å². The predicted molar refractivity (Wildman–Crippen MR) is 64.0 cm³/mol. The fraction of sp³-hybridized carbons (Fsp3) is 0.286. The zero-order valence-corrected chi connectivity index (χ0v) is 8.74. The summed E-state index contributed by atoms with van der Waals surface area (Å²) in [5.41, 5.74) is 2.69. The highest BCUT2D eigenvalue weighted by Gasteiger charge is 2.11. The number of nitrogens with one attached hydrogen (secondary N) is 1. The first-order valence-corrected chi connectivity index (χ1v) is 5.67. The summed E-state index contributed by atoms with van der Waals surface area (Å²) in [4.78, 5) is 3.23. The van der Waals surface area contributed by atoms with Crippen LogP contribution in [0.3, 0.4) is 0 Å². The van der Waals surface area contributed by atoms with E-state index >= 15 is 0 Å². The van der Waals surface area contributed by atoms with Crippen molar-refractivity contribution in [2.45, 2.75) is 25.2 Å². The zero-order valence-electron chi connectivity index (χ0n) is 8.74. The lowest BCUT2D eigenvalue weighted by Gasteiger charge is -2.16. The van der Waals surface area contributed by atoms with Gasteiger partial charge in [0.1, 0.15) is 0 Å². The molecule has 1 nitrogen and oxygen atoms in total. The fourth-order valence-corrected chi connectivity index (χ4v) is 2.39. The lowest BCUT2D eigenvalue weighted by molar-refractivity contribution is 0.655. The second-order valence-electron chi connectivity index (χ2n) is 4.29. The van der Waals surface area contributed by atoms with Crippen LogP contribution in [0.15, 0.2) is 42.6 Å². The van der Waals surface area contributed by atoms with Gasteiger partial charge >= 0.3 is 0 Å². The minimum absolute atomic E-state index is 0.637. The van der Waals surface area contributed by atoms with Gasteiger partial charge in [-0.1, -0.05) is 18.2 Å². The molecule has 1 aliphatic carbocycles. The molecule has 1 heteroatoms. The van der Waals surface area contributed by atoms with Crippen molar-refractivity contribution in [1.29, 1.82) is 0 Å². The van der Waals surface area contributed by atoms with Gasteiger partial charge in [-0.25, -0.2) is 0 Å². The van der Waals surface area contributed by atoms with Gasteiger partial charge in [0.25, 0.3) is 0 Å². The average Bonchev–Trinajstić information content (AvgIpc) is 2.77. The van der Waals surface area contributed by atoms with Crippen LogP contribution in [0.2, 0.25) is 0 Å². The van der Waals surface area contributed by atoms with E-state index in [1.54, 1.807) is 0 Å². The molecule has 1 atom stereocenters. The molecular weight excluding hydrogens is 182 g/mol. The zero-order chi connectivity index (χ0) is 10.1. The van der Waals surface area contributed by atoms with Crippen molar-refractivity contribution in [1.82, 2.24) is 4.98 Å². The number of benzene rings is 1. The molecule has 0 amide bonds. The van der Waals surface area contributed by atoms with Crippen molar-refractivity contribution in [3.63, 3.8) is 0 Å². The minimum Gasteiger partial charge on any atom is -0.361 e. The van der Waals surface area contributed by atoms with Crippen LogP contribution in [-0.4, -0.2) is 4.98 Å². The largest absolute Gasteiger partial charge is 0.361 e. The van der Waals surface area contributed by atoms with Gasteiger partial charge in [0.05, 0.1) is 0 Å². The Labute approximate surface area is 89.8 Å². The highest BCUT2D eigenvalue weighted by molar-refractivity contribution is 5.80. The van der Waals surface area contributed by atoms with E-state index in [0.29, 0.717) is 5.92 Å². The van der Waals surface area contributed by atoms with Gasteiger partial charge < -0.3 is 4.98 Å². The molecule has 1 aliphatic rings. The molecule has 1 aromatic carbocycles. The van der Waals surface area contributed by atoms with Crippen LogP contribution in [0.5, 0.6) is 0 Å². The van der Waals surface area contributed by atoms with E-state index in [1.165, 1.54) is 35.7 Å². The maximum atomic E-state index is 3.23. The molecule has 0 radical (unpaired) electrons. The Morgan fingerprint density at radius 3 is 3.07 bits per heavy atom. The monoisotopic (exact) mass is 197 g/mol. The standard InChI is InChI=1S/C14H15N/c1-2-4-11(5-3-1)12-6-7-14-13(10-12)8-9-15-14/h2,4,6-11,15H,1,3,5H2/t11-/m0/s1. The van der Waals surface area contributed by atoms with E-state index in [0.717, 1.165) is 0 Å². The first kappa shape index (κ1) is 8.78. The number of allylic oxidation sites excluding steroid dienone is 2. The Kier molecular flexibility index (Phi) is 2.09. The first-order valence-electron chi connectivity index (χ1n) is 5.67. The third-order valence-electron chi connectivity index (χ3n) is 3.26. The van der Waals surface area contributed by atoms with E-state index in [-0.39, 0.29) is 0 Å². The summed E-state index contributed by atoms with van der Waals surface area (Å²) < 4.78 is 0. The number of hydrogen-bond donors (Lipinski definition) is 1. The molecule has 76 valence electrons. The summed E-state index contributed by atoms with van der Waals surface area (Å²) in [5.74, 6) is 0.637. The van der Waals surface area contributed by atoms with Crippen molar-refractivity contribution in [3.8, 4) is 0 Å². The second-order valence-corrected chi connectivity index (χ2v) is 4.29. The van der Waals surface area contributed by atoms with Crippen LogP contribution in [0.4, 0.5) is 0 Å². The third kappa shape index (κ3) is 1.58. The third-order valence-corrected chi connectivity index (χ3v) is 3.26. The van der Waals surface area contributed by atoms with Crippen LogP contribution < -0.4 is 0 Å². The maximum Gasteiger partial charge on any atom is 0.0454 e. The Balaban J connectivity index is 2.02. The van der Waals surface area contributed by atoms with Gasteiger partial charge in [0.15, 0.2) is 0 Å². The van der Waals surface area contributed by atoms with Crippen LogP contribution in [0, 0.1) is 0 Å². The van der Waals surface area contributed by atoms with Gasteiger partial charge in [-0.3, -0.25) is 0 Å².